The molecule has 0 unspecified atom stereocenters. The van der Waals surface area contributed by atoms with Crippen molar-refractivity contribution in [3.63, 3.8) is 0 Å². The highest BCUT2D eigenvalue weighted by Gasteiger charge is 2.65. The number of anilines is 2. The van der Waals surface area contributed by atoms with Crippen LogP contribution in [0.2, 0.25) is 0 Å². The lowest BCUT2D eigenvalue weighted by molar-refractivity contribution is 0.457. The van der Waals surface area contributed by atoms with Gasteiger partial charge in [-0.3, -0.25) is 0 Å². The van der Waals surface area contributed by atoms with Crippen LogP contribution >= 0.6 is 0 Å². The molecule has 0 heterocycles. The van der Waals surface area contributed by atoms with Gasteiger partial charge in [0.15, 0.2) is 0 Å². The largest absolute Gasteiger partial charge is 0.397 e. The van der Waals surface area contributed by atoms with Crippen LogP contribution in [0.15, 0.2) is 23.1 Å². The summed E-state index contributed by atoms with van der Waals surface area (Å²) in [6, 6.07) is 4.72. The highest BCUT2D eigenvalue weighted by molar-refractivity contribution is 7.89. The molecule has 1 fully saturated rings. The first-order valence-corrected chi connectivity index (χ1v) is 7.71. The van der Waals surface area contributed by atoms with Gasteiger partial charge in [0.1, 0.15) is 0 Å². The van der Waals surface area contributed by atoms with Gasteiger partial charge >= 0.3 is 0 Å². The summed E-state index contributed by atoms with van der Waals surface area (Å²) in [5, 5.41) is 8.46. The van der Waals surface area contributed by atoms with Crippen molar-refractivity contribution in [2.45, 2.75) is 38.6 Å². The van der Waals surface area contributed by atoms with Gasteiger partial charge < -0.3 is 11.1 Å². The standard InChI is InChI=1S/C13H21N3O2S/c1-12(2)11(13(12,3)4)16-10-7-8(19(15,17)18)5-6-9(10)14/h5-7,11,16H,14H2,1-4H3,(H2,15,17,18). The Labute approximate surface area is 114 Å². The summed E-state index contributed by atoms with van der Waals surface area (Å²) in [4.78, 5) is 0.0699. The summed E-state index contributed by atoms with van der Waals surface area (Å²) >= 11 is 0. The first-order valence-electron chi connectivity index (χ1n) is 6.17. The molecule has 2 rings (SSSR count). The van der Waals surface area contributed by atoms with Crippen LogP contribution in [0.3, 0.4) is 0 Å². The number of hydrogen-bond donors (Lipinski definition) is 3. The number of sulfonamides is 1. The van der Waals surface area contributed by atoms with Crippen LogP contribution in [-0.4, -0.2) is 14.5 Å². The molecular formula is C13H21N3O2S. The van der Waals surface area contributed by atoms with E-state index in [0.29, 0.717) is 11.4 Å². The minimum absolute atomic E-state index is 0.0699. The number of hydrogen-bond acceptors (Lipinski definition) is 4. The summed E-state index contributed by atoms with van der Waals surface area (Å²) in [5.41, 5.74) is 7.30. The van der Waals surface area contributed by atoms with E-state index in [1.807, 2.05) is 0 Å². The highest BCUT2D eigenvalue weighted by atomic mass is 32.2. The van der Waals surface area contributed by atoms with Gasteiger partial charge in [0.25, 0.3) is 0 Å². The molecule has 1 aromatic rings. The SMILES string of the molecule is CC1(C)C(Nc2cc(S(N)(=O)=O)ccc2N)C1(C)C. The second kappa shape index (κ2) is 3.86. The van der Waals surface area contributed by atoms with Crippen LogP contribution in [0, 0.1) is 10.8 Å². The Bertz CT molecular complexity index is 607. The zero-order valence-corrected chi connectivity index (χ0v) is 12.5. The summed E-state index contributed by atoms with van der Waals surface area (Å²) < 4.78 is 22.7. The van der Waals surface area contributed by atoms with Crippen LogP contribution < -0.4 is 16.2 Å². The van der Waals surface area contributed by atoms with Gasteiger partial charge in [-0.2, -0.15) is 0 Å². The number of primary sulfonamides is 1. The minimum Gasteiger partial charge on any atom is -0.397 e. The van der Waals surface area contributed by atoms with E-state index in [2.05, 4.69) is 33.0 Å². The van der Waals surface area contributed by atoms with Crippen molar-refractivity contribution in [1.82, 2.24) is 0 Å². The molecule has 1 aliphatic rings. The molecule has 0 spiro atoms. The van der Waals surface area contributed by atoms with Gasteiger partial charge in [-0.25, -0.2) is 13.6 Å². The molecule has 1 saturated carbocycles. The average Bonchev–Trinajstić information content (AvgIpc) is 2.62. The quantitative estimate of drug-likeness (QED) is 0.736. The molecule has 0 radical (unpaired) electrons. The number of nitrogens with two attached hydrogens (primary N) is 2. The van der Waals surface area contributed by atoms with Crippen molar-refractivity contribution < 1.29 is 8.42 Å². The van der Waals surface area contributed by atoms with Crippen LogP contribution in [0.1, 0.15) is 27.7 Å². The molecule has 0 bridgehead atoms. The first-order chi connectivity index (χ1) is 8.48. The van der Waals surface area contributed by atoms with Crippen molar-refractivity contribution in [2.24, 2.45) is 16.0 Å². The lowest BCUT2D eigenvalue weighted by atomic mass is 10.0. The number of benzene rings is 1. The maximum absolute atomic E-state index is 11.4. The van der Waals surface area contributed by atoms with Gasteiger partial charge in [-0.15, -0.1) is 0 Å². The van der Waals surface area contributed by atoms with E-state index in [-0.39, 0.29) is 21.8 Å². The monoisotopic (exact) mass is 283 g/mol. The fourth-order valence-corrected chi connectivity index (χ4v) is 3.09. The molecule has 0 atom stereocenters. The lowest BCUT2D eigenvalue weighted by Gasteiger charge is -2.12. The molecule has 6 heteroatoms. The molecular weight excluding hydrogens is 262 g/mol. The normalized spacial score (nSPS) is 21.1. The Morgan fingerprint density at radius 1 is 1.16 bits per heavy atom. The fraction of sp³-hybridized carbons (Fsp3) is 0.538. The number of nitrogen functional groups attached to an aromatic ring is 1. The van der Waals surface area contributed by atoms with E-state index in [1.165, 1.54) is 12.1 Å². The van der Waals surface area contributed by atoms with E-state index < -0.39 is 10.0 Å². The van der Waals surface area contributed by atoms with E-state index >= 15 is 0 Å². The van der Waals surface area contributed by atoms with Crippen molar-refractivity contribution in [3.8, 4) is 0 Å². The predicted octanol–water partition coefficient (Wildman–Crippen LogP) is 1.76. The van der Waals surface area contributed by atoms with Gasteiger partial charge in [-0.05, 0) is 29.0 Å². The Hall–Kier alpha value is -1.27. The van der Waals surface area contributed by atoms with E-state index in [1.54, 1.807) is 6.07 Å². The summed E-state index contributed by atoms with van der Waals surface area (Å²) in [6.07, 6.45) is 0. The van der Waals surface area contributed by atoms with Gasteiger partial charge in [0.2, 0.25) is 10.0 Å². The number of nitrogens with one attached hydrogen (secondary N) is 1. The highest BCUT2D eigenvalue weighted by Crippen LogP contribution is 2.63. The average molecular weight is 283 g/mol. The van der Waals surface area contributed by atoms with E-state index in [9.17, 15) is 8.42 Å². The lowest BCUT2D eigenvalue weighted by Crippen LogP contribution is -2.15. The maximum atomic E-state index is 11.4. The Morgan fingerprint density at radius 2 is 1.68 bits per heavy atom. The minimum atomic E-state index is -3.71. The first kappa shape index (κ1) is 14.1. The van der Waals surface area contributed by atoms with Crippen molar-refractivity contribution in [2.75, 3.05) is 11.1 Å². The molecule has 5 nitrogen and oxygen atoms in total. The summed E-state index contributed by atoms with van der Waals surface area (Å²) in [5.74, 6) is 0. The van der Waals surface area contributed by atoms with Crippen molar-refractivity contribution >= 4 is 21.4 Å². The van der Waals surface area contributed by atoms with Crippen molar-refractivity contribution in [3.05, 3.63) is 18.2 Å². The van der Waals surface area contributed by atoms with Crippen molar-refractivity contribution in [1.29, 1.82) is 0 Å². The summed E-state index contributed by atoms with van der Waals surface area (Å²) in [7, 11) is -3.71. The molecule has 1 aromatic carbocycles. The Kier molecular flexibility index (Phi) is 2.88. The molecule has 0 aromatic heterocycles. The zero-order valence-electron chi connectivity index (χ0n) is 11.7. The zero-order chi connectivity index (χ0) is 14.6. The number of rotatable bonds is 3. The second-order valence-electron chi connectivity index (χ2n) is 6.31. The smallest absolute Gasteiger partial charge is 0.238 e. The van der Waals surface area contributed by atoms with E-state index in [0.717, 1.165) is 0 Å². The van der Waals surface area contributed by atoms with Gasteiger partial charge in [0.05, 0.1) is 16.3 Å². The third-order valence-electron chi connectivity index (χ3n) is 4.67. The molecule has 0 saturated heterocycles. The Morgan fingerprint density at radius 3 is 2.11 bits per heavy atom. The Balaban J connectivity index is 2.32. The predicted molar refractivity (Wildman–Crippen MR) is 77.2 cm³/mol. The molecule has 5 N–H and O–H groups in total. The van der Waals surface area contributed by atoms with Gasteiger partial charge in [0, 0.05) is 6.04 Å². The van der Waals surface area contributed by atoms with Crippen LogP contribution in [0.5, 0.6) is 0 Å². The van der Waals surface area contributed by atoms with E-state index in [4.69, 9.17) is 10.9 Å². The molecule has 0 aliphatic heterocycles. The third-order valence-corrected chi connectivity index (χ3v) is 5.58. The third kappa shape index (κ3) is 2.19. The molecule has 106 valence electrons. The molecule has 1 aliphatic carbocycles. The van der Waals surface area contributed by atoms with Crippen LogP contribution in [0.4, 0.5) is 11.4 Å². The fourth-order valence-electron chi connectivity index (χ4n) is 2.55. The van der Waals surface area contributed by atoms with Gasteiger partial charge in [-0.1, -0.05) is 27.7 Å². The van der Waals surface area contributed by atoms with Crippen LogP contribution in [0.25, 0.3) is 0 Å². The molecule has 0 amide bonds. The summed E-state index contributed by atoms with van der Waals surface area (Å²) in [6.45, 7) is 8.68. The topological polar surface area (TPSA) is 98.2 Å². The second-order valence-corrected chi connectivity index (χ2v) is 7.88. The molecule has 19 heavy (non-hydrogen) atoms. The van der Waals surface area contributed by atoms with Crippen LogP contribution in [-0.2, 0) is 10.0 Å². The maximum Gasteiger partial charge on any atom is 0.238 e.